The summed E-state index contributed by atoms with van der Waals surface area (Å²) in [7, 11) is 0. The molecule has 1 aliphatic carbocycles. The number of aromatic nitrogens is 2. The first-order valence-corrected chi connectivity index (χ1v) is 10.9. The maximum absolute atomic E-state index is 13.1. The minimum atomic E-state index is -0.0930. The van der Waals surface area contributed by atoms with Crippen molar-refractivity contribution in [2.45, 2.75) is 58.0 Å². The van der Waals surface area contributed by atoms with Gasteiger partial charge in [-0.2, -0.15) is 0 Å². The highest BCUT2D eigenvalue weighted by molar-refractivity contribution is 7.20. The Morgan fingerprint density at radius 1 is 1.21 bits per heavy atom. The molecule has 0 bridgehead atoms. The third kappa shape index (κ3) is 2.78. The van der Waals surface area contributed by atoms with Crippen molar-refractivity contribution >= 4 is 27.5 Å². The summed E-state index contributed by atoms with van der Waals surface area (Å²) >= 11 is 1.35. The maximum atomic E-state index is 13.1. The summed E-state index contributed by atoms with van der Waals surface area (Å²) < 4.78 is 1.80. The maximum Gasteiger partial charge on any atom is 0.262 e. The number of nitrogens with zero attached hydrogens (tertiary/aromatic N) is 2. The molecule has 0 saturated carbocycles. The monoisotopic (exact) mass is 393 g/mol. The first-order chi connectivity index (χ1) is 13.6. The van der Waals surface area contributed by atoms with E-state index in [1.54, 1.807) is 4.57 Å². The highest BCUT2D eigenvalue weighted by atomic mass is 32.1. The van der Waals surface area contributed by atoms with E-state index in [9.17, 15) is 9.59 Å². The third-order valence-corrected chi connectivity index (χ3v) is 7.23. The second-order valence-electron chi connectivity index (χ2n) is 7.80. The summed E-state index contributed by atoms with van der Waals surface area (Å²) in [5, 5.41) is 3.83. The van der Waals surface area contributed by atoms with Crippen LogP contribution in [0, 0.1) is 6.92 Å². The molecule has 0 unspecified atom stereocenters. The first kappa shape index (κ1) is 17.6. The topological polar surface area (TPSA) is 64.0 Å². The van der Waals surface area contributed by atoms with E-state index < -0.39 is 0 Å². The van der Waals surface area contributed by atoms with Crippen molar-refractivity contribution in [2.24, 2.45) is 0 Å². The van der Waals surface area contributed by atoms with Crippen molar-refractivity contribution in [3.8, 4) is 0 Å². The Balaban J connectivity index is 1.52. The van der Waals surface area contributed by atoms with E-state index in [1.165, 1.54) is 22.5 Å². The zero-order valence-corrected chi connectivity index (χ0v) is 16.8. The van der Waals surface area contributed by atoms with Crippen molar-refractivity contribution in [2.75, 3.05) is 0 Å². The van der Waals surface area contributed by atoms with Crippen LogP contribution < -0.4 is 10.9 Å². The van der Waals surface area contributed by atoms with Crippen LogP contribution in [0.25, 0.3) is 10.2 Å². The zero-order chi connectivity index (χ0) is 19.3. The smallest absolute Gasteiger partial charge is 0.262 e. The highest BCUT2D eigenvalue weighted by Gasteiger charge is 2.26. The van der Waals surface area contributed by atoms with Crippen LogP contribution in [0.1, 0.15) is 63.9 Å². The van der Waals surface area contributed by atoms with Gasteiger partial charge < -0.3 is 5.32 Å². The summed E-state index contributed by atoms with van der Waals surface area (Å²) in [5.74, 6) is 0.766. The summed E-state index contributed by atoms with van der Waals surface area (Å²) in [6.45, 7) is 2.61. The number of carbonyl (C=O) groups excluding carboxylic acids is 1. The lowest BCUT2D eigenvalue weighted by molar-refractivity contribution is 0.0936. The second-order valence-corrected chi connectivity index (χ2v) is 8.79. The van der Waals surface area contributed by atoms with Crippen LogP contribution in [0.15, 0.2) is 29.1 Å². The van der Waals surface area contributed by atoms with E-state index in [4.69, 9.17) is 4.98 Å². The molecule has 1 aliphatic heterocycles. The molecule has 5 nitrogen and oxygen atoms in total. The van der Waals surface area contributed by atoms with Gasteiger partial charge in [0.1, 0.15) is 10.7 Å². The second kappa shape index (κ2) is 6.85. The van der Waals surface area contributed by atoms with Crippen LogP contribution >= 0.6 is 11.3 Å². The van der Waals surface area contributed by atoms with E-state index in [1.807, 2.05) is 13.0 Å². The number of amides is 1. The lowest BCUT2D eigenvalue weighted by Crippen LogP contribution is -2.31. The molecule has 1 aromatic carbocycles. The summed E-state index contributed by atoms with van der Waals surface area (Å²) in [6.07, 6.45) is 6.00. The Morgan fingerprint density at radius 3 is 2.96 bits per heavy atom. The van der Waals surface area contributed by atoms with E-state index in [2.05, 4.69) is 23.5 Å². The first-order valence-electron chi connectivity index (χ1n) is 10.0. The van der Waals surface area contributed by atoms with Gasteiger partial charge in [-0.05, 0) is 55.7 Å². The van der Waals surface area contributed by atoms with Gasteiger partial charge in [0.15, 0.2) is 0 Å². The molecule has 28 heavy (non-hydrogen) atoms. The summed E-state index contributed by atoms with van der Waals surface area (Å²) in [6, 6.07) is 8.38. The summed E-state index contributed by atoms with van der Waals surface area (Å²) in [4.78, 5) is 32.1. The number of benzene rings is 1. The van der Waals surface area contributed by atoms with Gasteiger partial charge in [0.2, 0.25) is 0 Å². The van der Waals surface area contributed by atoms with E-state index in [-0.39, 0.29) is 17.5 Å². The minimum absolute atomic E-state index is 0.00973. The van der Waals surface area contributed by atoms with Crippen molar-refractivity contribution < 1.29 is 4.79 Å². The predicted octanol–water partition coefficient (Wildman–Crippen LogP) is 3.91. The number of hydrogen-bond acceptors (Lipinski definition) is 4. The standard InChI is InChI=1S/C22H23N3O2S/c1-13-18-21(24-17-11-4-5-12-25(17)22(18)27)28-19(13)20(26)23-16-10-6-8-14-7-2-3-9-15(14)16/h2-3,7,9,16H,4-6,8,10-12H2,1H3,(H,23,26)/t16-/m0/s1. The molecule has 3 aromatic rings. The minimum Gasteiger partial charge on any atom is -0.345 e. The third-order valence-electron chi connectivity index (χ3n) is 6.04. The van der Waals surface area contributed by atoms with Crippen LogP contribution in [-0.4, -0.2) is 15.5 Å². The van der Waals surface area contributed by atoms with Gasteiger partial charge in [0.05, 0.1) is 16.3 Å². The summed E-state index contributed by atoms with van der Waals surface area (Å²) in [5.41, 5.74) is 3.31. The van der Waals surface area contributed by atoms with Crippen molar-refractivity contribution in [3.63, 3.8) is 0 Å². The zero-order valence-electron chi connectivity index (χ0n) is 16.0. The lowest BCUT2D eigenvalue weighted by Gasteiger charge is -2.26. The largest absolute Gasteiger partial charge is 0.345 e. The fraction of sp³-hybridized carbons (Fsp3) is 0.409. The predicted molar refractivity (Wildman–Crippen MR) is 111 cm³/mol. The number of nitrogens with one attached hydrogen (secondary N) is 1. The number of aryl methyl sites for hydroxylation is 3. The van der Waals surface area contributed by atoms with Gasteiger partial charge in [-0.3, -0.25) is 14.2 Å². The van der Waals surface area contributed by atoms with Crippen LogP contribution in [0.2, 0.25) is 0 Å². The molecule has 0 spiro atoms. The van der Waals surface area contributed by atoms with Gasteiger partial charge >= 0.3 is 0 Å². The van der Waals surface area contributed by atoms with Crippen molar-refractivity contribution in [1.29, 1.82) is 0 Å². The van der Waals surface area contributed by atoms with Crippen LogP contribution in [-0.2, 0) is 19.4 Å². The van der Waals surface area contributed by atoms with Gasteiger partial charge in [-0.1, -0.05) is 24.3 Å². The van der Waals surface area contributed by atoms with Gasteiger partial charge in [0, 0.05) is 13.0 Å². The number of hydrogen-bond donors (Lipinski definition) is 1. The molecule has 0 radical (unpaired) electrons. The molecule has 5 rings (SSSR count). The van der Waals surface area contributed by atoms with Crippen molar-refractivity contribution in [3.05, 3.63) is 62.0 Å². The fourth-order valence-corrected chi connectivity index (χ4v) is 5.67. The van der Waals surface area contributed by atoms with E-state index in [0.717, 1.165) is 56.5 Å². The number of carbonyl (C=O) groups is 1. The van der Waals surface area contributed by atoms with E-state index in [0.29, 0.717) is 15.1 Å². The lowest BCUT2D eigenvalue weighted by atomic mass is 9.87. The molecule has 1 atom stereocenters. The molecule has 1 N–H and O–H groups in total. The molecule has 0 fully saturated rings. The molecular weight excluding hydrogens is 370 g/mol. The van der Waals surface area contributed by atoms with E-state index >= 15 is 0 Å². The molecule has 0 saturated heterocycles. The van der Waals surface area contributed by atoms with Crippen LogP contribution in [0.5, 0.6) is 0 Å². The molecule has 3 heterocycles. The average Bonchev–Trinajstić information content (AvgIpc) is 3.05. The Hall–Kier alpha value is -2.47. The van der Waals surface area contributed by atoms with Crippen LogP contribution in [0.4, 0.5) is 0 Å². The number of thiophene rings is 1. The quantitative estimate of drug-likeness (QED) is 0.718. The SMILES string of the molecule is Cc1c(C(=O)N[C@H]2CCCc3ccccc32)sc2nc3n(c(=O)c12)CCCC3. The fourth-order valence-electron chi connectivity index (χ4n) is 4.58. The Bertz CT molecular complexity index is 1140. The molecule has 2 aliphatic rings. The highest BCUT2D eigenvalue weighted by Crippen LogP contribution is 2.32. The number of rotatable bonds is 2. The average molecular weight is 394 g/mol. The Kier molecular flexibility index (Phi) is 4.31. The van der Waals surface area contributed by atoms with Gasteiger partial charge in [-0.25, -0.2) is 4.98 Å². The molecule has 2 aromatic heterocycles. The normalized spacial score (nSPS) is 18.5. The molecule has 144 valence electrons. The van der Waals surface area contributed by atoms with Gasteiger partial charge in [-0.15, -0.1) is 11.3 Å². The molecule has 1 amide bonds. The van der Waals surface area contributed by atoms with Gasteiger partial charge in [0.25, 0.3) is 11.5 Å². The Morgan fingerprint density at radius 2 is 2.07 bits per heavy atom. The van der Waals surface area contributed by atoms with Crippen molar-refractivity contribution in [1.82, 2.24) is 14.9 Å². The molecule has 6 heteroatoms. The Labute approximate surface area is 167 Å². The number of fused-ring (bicyclic) bond motifs is 3. The molecular formula is C22H23N3O2S. The van der Waals surface area contributed by atoms with Crippen LogP contribution in [0.3, 0.4) is 0 Å².